The first-order valence-corrected chi connectivity index (χ1v) is 7.67. The van der Waals surface area contributed by atoms with E-state index in [1.165, 1.54) is 7.11 Å². The second-order valence-corrected chi connectivity index (χ2v) is 4.92. The molecule has 0 aromatic carbocycles. The number of methoxy groups -OCH3 is 1. The van der Waals surface area contributed by atoms with Crippen LogP contribution in [0.4, 0.5) is 0 Å². The van der Waals surface area contributed by atoms with Gasteiger partial charge in [-0.25, -0.2) is 0 Å². The summed E-state index contributed by atoms with van der Waals surface area (Å²) in [4.78, 5) is 22.4. The average molecular weight is 288 g/mol. The molecular weight excluding hydrogens is 256 g/mol. The molecule has 0 spiro atoms. The Morgan fingerprint density at radius 1 is 1.15 bits per heavy atom. The second-order valence-electron chi connectivity index (χ2n) is 4.92. The number of ether oxygens (including phenoxy) is 2. The van der Waals surface area contributed by atoms with Gasteiger partial charge < -0.3 is 9.47 Å². The van der Waals surface area contributed by atoms with E-state index in [0.29, 0.717) is 25.2 Å². The summed E-state index contributed by atoms with van der Waals surface area (Å²) in [6, 6.07) is 0. The first-order chi connectivity index (χ1) is 9.45. The molecule has 1 aliphatic rings. The summed E-state index contributed by atoms with van der Waals surface area (Å²) in [6.07, 6.45) is 2.86. The van der Waals surface area contributed by atoms with Crippen LogP contribution in [0.2, 0.25) is 0 Å². The third kappa shape index (κ3) is 8.31. The highest BCUT2D eigenvalue weighted by molar-refractivity contribution is 5.79. The number of hydrogen-bond donors (Lipinski definition) is 0. The minimum Gasteiger partial charge on any atom is -0.469 e. The van der Waals surface area contributed by atoms with Crippen LogP contribution in [0, 0.1) is 5.41 Å². The molecule has 0 heterocycles. The molecule has 0 aliphatic heterocycles. The molecule has 1 fully saturated rings. The summed E-state index contributed by atoms with van der Waals surface area (Å²) in [6.45, 7) is 11.9. The number of carbonyl (C=O) groups is 2. The molecule has 0 saturated heterocycles. The lowest BCUT2D eigenvalue weighted by Gasteiger charge is -2.27. The summed E-state index contributed by atoms with van der Waals surface area (Å²) >= 11 is 0. The van der Waals surface area contributed by atoms with Crippen molar-refractivity contribution in [3.63, 3.8) is 0 Å². The fourth-order valence-corrected chi connectivity index (χ4v) is 1.74. The van der Waals surface area contributed by atoms with Gasteiger partial charge in [-0.05, 0) is 26.7 Å². The summed E-state index contributed by atoms with van der Waals surface area (Å²) in [5.74, 6) is 0.0477. The average Bonchev–Trinajstić information content (AvgIpc) is 2.50. The van der Waals surface area contributed by atoms with Gasteiger partial charge in [0.05, 0.1) is 25.2 Å². The zero-order valence-corrected chi connectivity index (χ0v) is 14.2. The van der Waals surface area contributed by atoms with Gasteiger partial charge in [0.15, 0.2) is 0 Å². The van der Waals surface area contributed by atoms with Crippen molar-refractivity contribution in [3.05, 3.63) is 0 Å². The maximum absolute atomic E-state index is 11.4. The molecule has 4 nitrogen and oxygen atoms in total. The van der Waals surface area contributed by atoms with Crippen LogP contribution in [-0.2, 0) is 19.1 Å². The lowest BCUT2D eigenvalue weighted by molar-refractivity contribution is -0.156. The van der Waals surface area contributed by atoms with Gasteiger partial charge in [-0.1, -0.05) is 27.7 Å². The van der Waals surface area contributed by atoms with Crippen LogP contribution in [0.25, 0.3) is 0 Å². The normalized spacial score (nSPS) is 15.4. The van der Waals surface area contributed by atoms with E-state index in [0.717, 1.165) is 12.8 Å². The summed E-state index contributed by atoms with van der Waals surface area (Å²) < 4.78 is 10.4. The Bertz CT molecular complexity index is 262. The monoisotopic (exact) mass is 288 g/mol. The predicted molar refractivity (Wildman–Crippen MR) is 81.7 cm³/mol. The van der Waals surface area contributed by atoms with Crippen molar-refractivity contribution < 1.29 is 19.1 Å². The molecule has 20 heavy (non-hydrogen) atoms. The van der Waals surface area contributed by atoms with Gasteiger partial charge in [0.1, 0.15) is 5.78 Å². The smallest absolute Gasteiger partial charge is 0.313 e. The van der Waals surface area contributed by atoms with Crippen LogP contribution in [0.3, 0.4) is 0 Å². The number of ketones is 1. The Balaban J connectivity index is 0. The van der Waals surface area contributed by atoms with Crippen molar-refractivity contribution in [2.75, 3.05) is 13.7 Å². The molecule has 0 radical (unpaired) electrons. The standard InChI is InChI=1S/C12H20O4.2C2H6/c1-12(2,11(14)15-3)8-16-10-6-4-9(13)5-7-10;2*1-2/h10H,4-8H2,1-3H3;2*1-2H3. The van der Waals surface area contributed by atoms with Gasteiger partial charge in [-0.2, -0.15) is 0 Å². The highest BCUT2D eigenvalue weighted by Gasteiger charge is 2.31. The van der Waals surface area contributed by atoms with Crippen LogP contribution in [0.5, 0.6) is 0 Å². The minimum atomic E-state index is -0.615. The van der Waals surface area contributed by atoms with Gasteiger partial charge in [0.25, 0.3) is 0 Å². The van der Waals surface area contributed by atoms with E-state index >= 15 is 0 Å². The van der Waals surface area contributed by atoms with E-state index in [1.807, 2.05) is 27.7 Å². The first kappa shape index (κ1) is 21.4. The van der Waals surface area contributed by atoms with Gasteiger partial charge in [0.2, 0.25) is 0 Å². The summed E-state index contributed by atoms with van der Waals surface area (Å²) in [5.41, 5.74) is -0.615. The lowest BCUT2D eigenvalue weighted by atomic mass is 9.93. The van der Waals surface area contributed by atoms with Gasteiger partial charge in [0, 0.05) is 12.8 Å². The van der Waals surface area contributed by atoms with Gasteiger partial charge >= 0.3 is 5.97 Å². The van der Waals surface area contributed by atoms with Crippen LogP contribution >= 0.6 is 0 Å². The van der Waals surface area contributed by atoms with Crippen LogP contribution < -0.4 is 0 Å². The largest absolute Gasteiger partial charge is 0.469 e. The van der Waals surface area contributed by atoms with Crippen molar-refractivity contribution in [2.24, 2.45) is 5.41 Å². The van der Waals surface area contributed by atoms with Crippen LogP contribution in [0.1, 0.15) is 67.2 Å². The van der Waals surface area contributed by atoms with E-state index in [1.54, 1.807) is 13.8 Å². The van der Waals surface area contributed by atoms with Crippen LogP contribution in [-0.4, -0.2) is 31.6 Å². The fourth-order valence-electron chi connectivity index (χ4n) is 1.74. The highest BCUT2D eigenvalue weighted by Crippen LogP contribution is 2.23. The molecule has 1 saturated carbocycles. The van der Waals surface area contributed by atoms with Crippen molar-refractivity contribution in [1.29, 1.82) is 0 Å². The van der Waals surface area contributed by atoms with E-state index in [2.05, 4.69) is 0 Å². The van der Waals surface area contributed by atoms with Gasteiger partial charge in [-0.3, -0.25) is 9.59 Å². The van der Waals surface area contributed by atoms with E-state index in [9.17, 15) is 9.59 Å². The molecule has 0 N–H and O–H groups in total. The summed E-state index contributed by atoms with van der Waals surface area (Å²) in [7, 11) is 1.38. The predicted octanol–water partition coefficient (Wildman–Crippen LogP) is 3.77. The van der Waals surface area contributed by atoms with Crippen molar-refractivity contribution in [3.8, 4) is 0 Å². The Morgan fingerprint density at radius 2 is 1.60 bits per heavy atom. The maximum Gasteiger partial charge on any atom is 0.313 e. The van der Waals surface area contributed by atoms with Crippen LogP contribution in [0.15, 0.2) is 0 Å². The minimum absolute atomic E-state index is 0.113. The molecule has 1 aliphatic carbocycles. The van der Waals surface area contributed by atoms with E-state index in [-0.39, 0.29) is 12.1 Å². The SMILES string of the molecule is CC.CC.COC(=O)C(C)(C)COC1CCC(=O)CC1. The molecule has 0 unspecified atom stereocenters. The first-order valence-electron chi connectivity index (χ1n) is 7.67. The third-order valence-electron chi connectivity index (χ3n) is 2.91. The third-order valence-corrected chi connectivity index (χ3v) is 2.91. The van der Waals surface area contributed by atoms with Crippen molar-refractivity contribution >= 4 is 11.8 Å². The quantitative estimate of drug-likeness (QED) is 0.739. The number of carbonyl (C=O) groups excluding carboxylic acids is 2. The Morgan fingerprint density at radius 3 is 2.00 bits per heavy atom. The number of Topliss-reactive ketones (excluding diaryl/α,β-unsaturated/α-hetero) is 1. The van der Waals surface area contributed by atoms with Gasteiger partial charge in [-0.15, -0.1) is 0 Å². The van der Waals surface area contributed by atoms with E-state index < -0.39 is 5.41 Å². The van der Waals surface area contributed by atoms with Crippen molar-refractivity contribution in [2.45, 2.75) is 73.3 Å². The molecule has 0 atom stereocenters. The molecule has 4 heteroatoms. The molecule has 1 rings (SSSR count). The molecule has 0 bridgehead atoms. The Labute approximate surface area is 124 Å². The molecule has 0 aromatic heterocycles. The lowest BCUT2D eigenvalue weighted by Crippen LogP contribution is -2.34. The number of esters is 1. The molecule has 0 amide bonds. The zero-order chi connectivity index (χ0) is 16.2. The fraction of sp³-hybridized carbons (Fsp3) is 0.875. The Hall–Kier alpha value is -0.900. The number of rotatable bonds is 4. The molecule has 120 valence electrons. The zero-order valence-electron chi connectivity index (χ0n) is 14.2. The summed E-state index contributed by atoms with van der Waals surface area (Å²) in [5, 5.41) is 0. The van der Waals surface area contributed by atoms with Crippen molar-refractivity contribution in [1.82, 2.24) is 0 Å². The number of hydrogen-bond acceptors (Lipinski definition) is 4. The molecular formula is C16H32O4. The van der Waals surface area contributed by atoms with E-state index in [4.69, 9.17) is 9.47 Å². The highest BCUT2D eigenvalue weighted by atomic mass is 16.5. The second kappa shape index (κ2) is 11.9. The maximum atomic E-state index is 11.4. The Kier molecular flexibility index (Phi) is 12.7. The topological polar surface area (TPSA) is 52.6 Å². The molecule has 0 aromatic rings.